The normalized spacial score (nSPS) is 14.8. The summed E-state index contributed by atoms with van der Waals surface area (Å²) in [4.78, 5) is 13.8. The first-order valence-corrected chi connectivity index (χ1v) is 7.79. The van der Waals surface area contributed by atoms with Crippen LogP contribution in [-0.4, -0.2) is 36.5 Å². The molecule has 0 unspecified atom stereocenters. The Morgan fingerprint density at radius 1 is 1.25 bits per heavy atom. The van der Waals surface area contributed by atoms with Gasteiger partial charge in [0.05, 0.1) is 18.9 Å². The lowest BCUT2D eigenvalue weighted by Gasteiger charge is -2.28. The first-order valence-electron chi connectivity index (χ1n) is 7.79. The van der Waals surface area contributed by atoms with Crippen molar-refractivity contribution in [1.29, 1.82) is 5.26 Å². The molecular formula is C18H18N4O2. The SMILES string of the molecule is Cc1c(/C=C/c2ccc(N3CCOCC3)cc2)n[nH]c(=O)c1C#N. The zero-order valence-corrected chi connectivity index (χ0v) is 13.5. The fraction of sp³-hybridized carbons (Fsp3) is 0.278. The van der Waals surface area contributed by atoms with Gasteiger partial charge in [0.1, 0.15) is 11.6 Å². The van der Waals surface area contributed by atoms with Crippen molar-refractivity contribution < 1.29 is 4.74 Å². The molecule has 0 spiro atoms. The number of rotatable bonds is 3. The Kier molecular flexibility index (Phi) is 4.73. The molecular weight excluding hydrogens is 304 g/mol. The molecule has 2 aromatic rings. The Morgan fingerprint density at radius 3 is 2.62 bits per heavy atom. The molecule has 1 aliphatic rings. The van der Waals surface area contributed by atoms with Gasteiger partial charge < -0.3 is 9.64 Å². The Morgan fingerprint density at radius 2 is 1.96 bits per heavy atom. The van der Waals surface area contributed by atoms with Crippen LogP contribution in [0.15, 0.2) is 29.1 Å². The molecule has 1 fully saturated rings. The highest BCUT2D eigenvalue weighted by Gasteiger charge is 2.10. The maximum absolute atomic E-state index is 11.5. The highest BCUT2D eigenvalue weighted by molar-refractivity contribution is 5.70. The topological polar surface area (TPSA) is 82.0 Å². The van der Waals surface area contributed by atoms with Gasteiger partial charge in [-0.1, -0.05) is 18.2 Å². The summed E-state index contributed by atoms with van der Waals surface area (Å²) in [6.45, 7) is 5.07. The molecule has 1 saturated heterocycles. The predicted octanol–water partition coefficient (Wildman–Crippen LogP) is 1.96. The largest absolute Gasteiger partial charge is 0.378 e. The standard InChI is InChI=1S/C18H18N4O2/c1-13-16(12-19)18(23)21-20-17(13)7-4-14-2-5-15(6-3-14)22-8-10-24-11-9-22/h2-7H,8-11H2,1H3,(H,21,23)/b7-4+. The van der Waals surface area contributed by atoms with Crippen molar-refractivity contribution in [3.05, 3.63) is 57.0 Å². The van der Waals surface area contributed by atoms with E-state index >= 15 is 0 Å². The van der Waals surface area contributed by atoms with E-state index in [2.05, 4.69) is 27.2 Å². The van der Waals surface area contributed by atoms with Crippen molar-refractivity contribution in [3.8, 4) is 6.07 Å². The molecule has 122 valence electrons. The Hall–Kier alpha value is -2.91. The van der Waals surface area contributed by atoms with Crippen molar-refractivity contribution in [2.75, 3.05) is 31.2 Å². The van der Waals surface area contributed by atoms with Crippen molar-refractivity contribution in [1.82, 2.24) is 10.2 Å². The maximum atomic E-state index is 11.5. The van der Waals surface area contributed by atoms with E-state index in [1.165, 1.54) is 5.69 Å². The van der Waals surface area contributed by atoms with Crippen LogP contribution < -0.4 is 10.5 Å². The number of hydrogen-bond donors (Lipinski definition) is 1. The molecule has 1 aliphatic heterocycles. The number of nitrogens with zero attached hydrogens (tertiary/aromatic N) is 3. The molecule has 1 N–H and O–H groups in total. The number of hydrogen-bond acceptors (Lipinski definition) is 5. The Labute approximate surface area is 140 Å². The van der Waals surface area contributed by atoms with Crippen molar-refractivity contribution in [3.63, 3.8) is 0 Å². The molecule has 6 nitrogen and oxygen atoms in total. The third-order valence-corrected chi connectivity index (χ3v) is 4.08. The number of nitriles is 1. The van der Waals surface area contributed by atoms with Gasteiger partial charge in [-0.25, -0.2) is 5.10 Å². The van der Waals surface area contributed by atoms with Gasteiger partial charge in [-0.2, -0.15) is 10.4 Å². The van der Waals surface area contributed by atoms with Gasteiger partial charge in [0, 0.05) is 18.8 Å². The molecule has 24 heavy (non-hydrogen) atoms. The number of nitrogens with one attached hydrogen (secondary N) is 1. The summed E-state index contributed by atoms with van der Waals surface area (Å²) in [7, 11) is 0. The lowest BCUT2D eigenvalue weighted by Crippen LogP contribution is -2.36. The van der Waals surface area contributed by atoms with Crippen LogP contribution in [0.1, 0.15) is 22.4 Å². The summed E-state index contributed by atoms with van der Waals surface area (Å²) in [6.07, 6.45) is 3.72. The number of aromatic nitrogens is 2. The molecule has 0 atom stereocenters. The summed E-state index contributed by atoms with van der Waals surface area (Å²) < 4.78 is 5.36. The zero-order valence-electron chi connectivity index (χ0n) is 13.5. The minimum absolute atomic E-state index is 0.104. The van der Waals surface area contributed by atoms with Gasteiger partial charge in [-0.05, 0) is 36.3 Å². The third kappa shape index (κ3) is 3.36. The average Bonchev–Trinajstić information content (AvgIpc) is 2.63. The van der Waals surface area contributed by atoms with Gasteiger partial charge >= 0.3 is 0 Å². The molecule has 3 rings (SSSR count). The highest BCUT2D eigenvalue weighted by Crippen LogP contribution is 2.18. The predicted molar refractivity (Wildman–Crippen MR) is 92.7 cm³/mol. The van der Waals surface area contributed by atoms with E-state index in [0.29, 0.717) is 11.3 Å². The van der Waals surface area contributed by atoms with Gasteiger partial charge in [0.25, 0.3) is 5.56 Å². The Balaban J connectivity index is 1.78. The first kappa shape index (κ1) is 16.0. The monoisotopic (exact) mass is 322 g/mol. The van der Waals surface area contributed by atoms with Crippen LogP contribution in [-0.2, 0) is 4.74 Å². The number of ether oxygens (including phenoxy) is 1. The van der Waals surface area contributed by atoms with Crippen LogP contribution in [0.25, 0.3) is 12.2 Å². The van der Waals surface area contributed by atoms with Gasteiger partial charge in [0.15, 0.2) is 0 Å². The maximum Gasteiger partial charge on any atom is 0.282 e. The van der Waals surface area contributed by atoms with Crippen molar-refractivity contribution in [2.45, 2.75) is 6.92 Å². The third-order valence-electron chi connectivity index (χ3n) is 4.08. The summed E-state index contributed by atoms with van der Waals surface area (Å²) >= 11 is 0. The molecule has 0 saturated carbocycles. The molecule has 1 aromatic carbocycles. The number of H-pyrrole nitrogens is 1. The molecule has 0 amide bonds. The smallest absolute Gasteiger partial charge is 0.282 e. The lowest BCUT2D eigenvalue weighted by molar-refractivity contribution is 0.122. The summed E-state index contributed by atoms with van der Waals surface area (Å²) in [5.74, 6) is 0. The van der Waals surface area contributed by atoms with Crippen LogP contribution in [0, 0.1) is 18.3 Å². The Bertz CT molecular complexity index is 841. The van der Waals surface area contributed by atoms with Crippen LogP contribution in [0.5, 0.6) is 0 Å². The van der Waals surface area contributed by atoms with Crippen LogP contribution >= 0.6 is 0 Å². The van der Waals surface area contributed by atoms with E-state index in [1.54, 1.807) is 13.0 Å². The molecule has 0 bridgehead atoms. The zero-order chi connectivity index (χ0) is 16.9. The van der Waals surface area contributed by atoms with Crippen molar-refractivity contribution >= 4 is 17.8 Å². The number of benzene rings is 1. The van der Waals surface area contributed by atoms with E-state index in [0.717, 1.165) is 31.9 Å². The molecule has 6 heteroatoms. The van der Waals surface area contributed by atoms with E-state index < -0.39 is 5.56 Å². The summed E-state index contributed by atoms with van der Waals surface area (Å²) in [5.41, 5.74) is 3.03. The molecule has 1 aromatic heterocycles. The second kappa shape index (κ2) is 7.11. The van der Waals surface area contributed by atoms with E-state index in [9.17, 15) is 4.79 Å². The first-order chi connectivity index (χ1) is 11.7. The quantitative estimate of drug-likeness (QED) is 0.934. The van der Waals surface area contributed by atoms with E-state index in [-0.39, 0.29) is 5.56 Å². The fourth-order valence-corrected chi connectivity index (χ4v) is 2.64. The second-order valence-electron chi connectivity index (χ2n) is 5.57. The van der Waals surface area contributed by atoms with Crippen LogP contribution in [0.2, 0.25) is 0 Å². The minimum atomic E-state index is -0.456. The van der Waals surface area contributed by atoms with Gasteiger partial charge in [-0.3, -0.25) is 4.79 Å². The number of aromatic amines is 1. The highest BCUT2D eigenvalue weighted by atomic mass is 16.5. The van der Waals surface area contributed by atoms with Crippen LogP contribution in [0.3, 0.4) is 0 Å². The van der Waals surface area contributed by atoms with Gasteiger partial charge in [-0.15, -0.1) is 0 Å². The number of morpholine rings is 1. The van der Waals surface area contributed by atoms with E-state index in [4.69, 9.17) is 10.00 Å². The minimum Gasteiger partial charge on any atom is -0.378 e. The number of anilines is 1. The average molecular weight is 322 g/mol. The van der Waals surface area contributed by atoms with Crippen molar-refractivity contribution in [2.24, 2.45) is 0 Å². The lowest BCUT2D eigenvalue weighted by atomic mass is 10.1. The van der Waals surface area contributed by atoms with E-state index in [1.807, 2.05) is 24.3 Å². The fourth-order valence-electron chi connectivity index (χ4n) is 2.64. The second-order valence-corrected chi connectivity index (χ2v) is 5.57. The molecule has 2 heterocycles. The van der Waals surface area contributed by atoms with Gasteiger partial charge in [0.2, 0.25) is 0 Å². The molecule has 0 radical (unpaired) electrons. The van der Waals surface area contributed by atoms with Crippen LogP contribution in [0.4, 0.5) is 5.69 Å². The molecule has 0 aliphatic carbocycles. The summed E-state index contributed by atoms with van der Waals surface area (Å²) in [6, 6.07) is 10.1. The summed E-state index contributed by atoms with van der Waals surface area (Å²) in [5, 5.41) is 15.4.